The highest BCUT2D eigenvalue weighted by molar-refractivity contribution is 6.30. The normalized spacial score (nSPS) is 17.0. The van der Waals surface area contributed by atoms with E-state index in [1.54, 1.807) is 0 Å². The molecule has 3 heteroatoms. The first-order valence-electron chi connectivity index (χ1n) is 6.78. The quantitative estimate of drug-likeness (QED) is 0.906. The van der Waals surface area contributed by atoms with Crippen LogP contribution in [0, 0.1) is 0 Å². The molecule has 18 heavy (non-hydrogen) atoms. The second kappa shape index (κ2) is 5.50. The van der Waals surface area contributed by atoms with Crippen LogP contribution < -0.4 is 10.6 Å². The topological polar surface area (TPSA) is 29.3 Å². The number of anilines is 1. The molecule has 1 aliphatic rings. The van der Waals surface area contributed by atoms with E-state index in [2.05, 4.69) is 30.9 Å². The summed E-state index contributed by atoms with van der Waals surface area (Å²) in [6, 6.07) is 6.20. The summed E-state index contributed by atoms with van der Waals surface area (Å²) in [6.45, 7) is 6.43. The van der Waals surface area contributed by atoms with Crippen LogP contribution in [-0.2, 0) is 6.42 Å². The van der Waals surface area contributed by atoms with Gasteiger partial charge in [0.25, 0.3) is 0 Å². The van der Waals surface area contributed by atoms with E-state index in [4.69, 9.17) is 17.3 Å². The molecular formula is C15H23ClN2. The predicted octanol–water partition coefficient (Wildman–Crippen LogP) is 3.61. The molecule has 100 valence electrons. The molecule has 0 bridgehead atoms. The molecule has 0 aromatic heterocycles. The van der Waals surface area contributed by atoms with Crippen LogP contribution in [0.15, 0.2) is 18.2 Å². The number of benzene rings is 1. The summed E-state index contributed by atoms with van der Waals surface area (Å²) in [5, 5.41) is 0.801. The molecule has 1 heterocycles. The average Bonchev–Trinajstić information content (AvgIpc) is 2.28. The monoisotopic (exact) mass is 266 g/mol. The van der Waals surface area contributed by atoms with Gasteiger partial charge in [-0.25, -0.2) is 0 Å². The highest BCUT2D eigenvalue weighted by Gasteiger charge is 2.19. The van der Waals surface area contributed by atoms with Crippen LogP contribution in [0.3, 0.4) is 0 Å². The summed E-state index contributed by atoms with van der Waals surface area (Å²) in [7, 11) is 0. The van der Waals surface area contributed by atoms with Gasteiger partial charge in [-0.15, -0.1) is 0 Å². The van der Waals surface area contributed by atoms with Crippen molar-refractivity contribution in [1.82, 2.24) is 0 Å². The van der Waals surface area contributed by atoms with Gasteiger partial charge in [-0.05, 0) is 63.3 Å². The van der Waals surface area contributed by atoms with Gasteiger partial charge in [-0.2, -0.15) is 0 Å². The van der Waals surface area contributed by atoms with Crippen molar-refractivity contribution in [2.45, 2.75) is 45.1 Å². The Morgan fingerprint density at radius 2 is 1.89 bits per heavy atom. The van der Waals surface area contributed by atoms with E-state index in [1.165, 1.54) is 30.5 Å². The van der Waals surface area contributed by atoms with Gasteiger partial charge < -0.3 is 10.6 Å². The summed E-state index contributed by atoms with van der Waals surface area (Å²) in [6.07, 6.45) is 4.78. The molecule has 0 aliphatic carbocycles. The molecule has 2 rings (SSSR count). The van der Waals surface area contributed by atoms with Crippen molar-refractivity contribution in [3.8, 4) is 0 Å². The lowest BCUT2D eigenvalue weighted by molar-refractivity contribution is 0.513. The number of rotatable bonds is 3. The maximum atomic E-state index is 6.15. The van der Waals surface area contributed by atoms with Gasteiger partial charge in [-0.3, -0.25) is 0 Å². The van der Waals surface area contributed by atoms with Crippen LogP contribution >= 0.6 is 11.6 Å². The van der Waals surface area contributed by atoms with Crippen LogP contribution in [0.4, 0.5) is 5.69 Å². The molecule has 2 N–H and O–H groups in total. The van der Waals surface area contributed by atoms with Crippen LogP contribution in [0.2, 0.25) is 5.02 Å². The van der Waals surface area contributed by atoms with Crippen molar-refractivity contribution < 1.29 is 0 Å². The Bertz CT molecular complexity index is 403. The fraction of sp³-hybridized carbons (Fsp3) is 0.600. The Morgan fingerprint density at radius 1 is 1.22 bits per heavy atom. The summed E-state index contributed by atoms with van der Waals surface area (Å²) in [4.78, 5) is 2.47. The molecule has 1 aliphatic heterocycles. The van der Waals surface area contributed by atoms with E-state index >= 15 is 0 Å². The zero-order valence-electron chi connectivity index (χ0n) is 11.4. The minimum absolute atomic E-state index is 0.199. The maximum Gasteiger partial charge on any atom is 0.0410 e. The highest BCUT2D eigenvalue weighted by Crippen LogP contribution is 2.29. The molecular weight excluding hydrogens is 244 g/mol. The van der Waals surface area contributed by atoms with E-state index in [9.17, 15) is 0 Å². The fourth-order valence-electron chi connectivity index (χ4n) is 2.63. The van der Waals surface area contributed by atoms with E-state index in [1.807, 2.05) is 6.07 Å². The van der Waals surface area contributed by atoms with E-state index < -0.39 is 0 Å². The number of piperidine rings is 1. The predicted molar refractivity (Wildman–Crippen MR) is 79.5 cm³/mol. The van der Waals surface area contributed by atoms with Crippen LogP contribution in [0.25, 0.3) is 0 Å². The van der Waals surface area contributed by atoms with Gasteiger partial charge in [0.1, 0.15) is 0 Å². The molecule has 0 atom stereocenters. The minimum atomic E-state index is -0.199. The molecule has 0 radical (unpaired) electrons. The maximum absolute atomic E-state index is 6.15. The van der Waals surface area contributed by atoms with Crippen molar-refractivity contribution in [2.75, 3.05) is 18.0 Å². The first-order valence-corrected chi connectivity index (χ1v) is 7.16. The van der Waals surface area contributed by atoms with Crippen molar-refractivity contribution in [1.29, 1.82) is 0 Å². The van der Waals surface area contributed by atoms with Gasteiger partial charge in [0.2, 0.25) is 0 Å². The largest absolute Gasteiger partial charge is 0.371 e. The van der Waals surface area contributed by atoms with Gasteiger partial charge in [-0.1, -0.05) is 11.6 Å². The number of nitrogens with two attached hydrogens (primary N) is 1. The first kappa shape index (κ1) is 13.7. The third-order valence-electron chi connectivity index (χ3n) is 3.38. The minimum Gasteiger partial charge on any atom is -0.371 e. The molecule has 1 aromatic carbocycles. The molecule has 1 fully saturated rings. The summed E-state index contributed by atoms with van der Waals surface area (Å²) in [5.74, 6) is 0. The van der Waals surface area contributed by atoms with Gasteiger partial charge in [0.15, 0.2) is 0 Å². The van der Waals surface area contributed by atoms with Crippen molar-refractivity contribution >= 4 is 17.3 Å². The number of hydrogen-bond donors (Lipinski definition) is 1. The Labute approximate surface area is 115 Å². The summed E-state index contributed by atoms with van der Waals surface area (Å²) < 4.78 is 0. The smallest absolute Gasteiger partial charge is 0.0410 e. The molecule has 1 saturated heterocycles. The van der Waals surface area contributed by atoms with E-state index in [-0.39, 0.29) is 5.54 Å². The SMILES string of the molecule is CC(C)(N)Cc1cc(Cl)ccc1N1CCCCC1. The first-order chi connectivity index (χ1) is 8.46. The van der Waals surface area contributed by atoms with Gasteiger partial charge in [0.05, 0.1) is 0 Å². The summed E-state index contributed by atoms with van der Waals surface area (Å²) >= 11 is 6.13. The second-order valence-corrected chi connectivity index (χ2v) is 6.42. The third kappa shape index (κ3) is 3.63. The lowest BCUT2D eigenvalue weighted by Gasteiger charge is -2.32. The average molecular weight is 267 g/mol. The molecule has 0 amide bonds. The van der Waals surface area contributed by atoms with Crippen molar-refractivity contribution in [2.24, 2.45) is 5.73 Å². The lowest BCUT2D eigenvalue weighted by atomic mass is 9.94. The Kier molecular flexibility index (Phi) is 4.18. The van der Waals surface area contributed by atoms with Crippen molar-refractivity contribution in [3.05, 3.63) is 28.8 Å². The van der Waals surface area contributed by atoms with E-state index in [0.29, 0.717) is 0 Å². The Hall–Kier alpha value is -0.730. The summed E-state index contributed by atoms with van der Waals surface area (Å²) in [5.41, 5.74) is 8.55. The zero-order valence-corrected chi connectivity index (χ0v) is 12.1. The number of hydrogen-bond acceptors (Lipinski definition) is 2. The van der Waals surface area contributed by atoms with Crippen LogP contribution in [0.1, 0.15) is 38.7 Å². The van der Waals surface area contributed by atoms with Gasteiger partial charge in [0, 0.05) is 29.3 Å². The Balaban J connectivity index is 2.27. The van der Waals surface area contributed by atoms with Crippen LogP contribution in [0.5, 0.6) is 0 Å². The fourth-order valence-corrected chi connectivity index (χ4v) is 2.82. The molecule has 0 unspecified atom stereocenters. The van der Waals surface area contributed by atoms with Crippen molar-refractivity contribution in [3.63, 3.8) is 0 Å². The molecule has 0 saturated carbocycles. The third-order valence-corrected chi connectivity index (χ3v) is 3.62. The van der Waals surface area contributed by atoms with Crippen LogP contribution in [-0.4, -0.2) is 18.6 Å². The Morgan fingerprint density at radius 3 is 2.50 bits per heavy atom. The highest BCUT2D eigenvalue weighted by atomic mass is 35.5. The molecule has 0 spiro atoms. The standard InChI is InChI=1S/C15H23ClN2/c1-15(2,17)11-12-10-13(16)6-7-14(12)18-8-4-3-5-9-18/h6-7,10H,3-5,8-9,11,17H2,1-2H3. The number of nitrogens with zero attached hydrogens (tertiary/aromatic N) is 1. The molecule has 2 nitrogen and oxygen atoms in total. The zero-order chi connectivity index (χ0) is 13.2. The van der Waals surface area contributed by atoms with Gasteiger partial charge >= 0.3 is 0 Å². The lowest BCUT2D eigenvalue weighted by Crippen LogP contribution is -2.36. The second-order valence-electron chi connectivity index (χ2n) is 5.99. The van der Waals surface area contributed by atoms with E-state index in [0.717, 1.165) is 24.5 Å². The number of halogens is 1. The molecule has 1 aromatic rings.